The highest BCUT2D eigenvalue weighted by Gasteiger charge is 2.35. The van der Waals surface area contributed by atoms with Gasteiger partial charge in [0.2, 0.25) is 0 Å². The average Bonchev–Trinajstić information content (AvgIpc) is 2.69. The van der Waals surface area contributed by atoms with Crippen molar-refractivity contribution in [3.8, 4) is 0 Å². The summed E-state index contributed by atoms with van der Waals surface area (Å²) in [6, 6.07) is 14.4. The Morgan fingerprint density at radius 1 is 1.07 bits per heavy atom. The van der Waals surface area contributed by atoms with Gasteiger partial charge in [-0.05, 0) is 57.0 Å². The van der Waals surface area contributed by atoms with E-state index in [0.29, 0.717) is 35.1 Å². The largest absolute Gasteiger partial charge is 0.444 e. The molecule has 0 aliphatic carbocycles. The summed E-state index contributed by atoms with van der Waals surface area (Å²) in [6.45, 7) is 6.43. The molecule has 1 aliphatic rings. The monoisotopic (exact) mass is 448 g/mol. The first-order chi connectivity index (χ1) is 14.1. The minimum absolute atomic E-state index is 0.142. The van der Waals surface area contributed by atoms with Crippen LogP contribution in [-0.4, -0.2) is 41.6 Å². The third kappa shape index (κ3) is 5.67. The smallest absolute Gasteiger partial charge is 0.410 e. The molecule has 0 unspecified atom stereocenters. The molecular weight excluding hydrogens is 423 g/mol. The maximum atomic E-state index is 12.8. The number of likely N-dealkylation sites (tertiary alicyclic amines) is 1. The molecule has 0 saturated carbocycles. The van der Waals surface area contributed by atoms with E-state index >= 15 is 0 Å². The van der Waals surface area contributed by atoms with Crippen molar-refractivity contribution in [2.45, 2.75) is 44.8 Å². The number of nitrogens with one attached hydrogen (secondary N) is 1. The highest BCUT2D eigenvalue weighted by atomic mass is 35.5. The van der Waals surface area contributed by atoms with Crippen molar-refractivity contribution in [1.29, 1.82) is 0 Å². The fraction of sp³-hybridized carbons (Fsp3) is 0.391. The van der Waals surface area contributed by atoms with Gasteiger partial charge in [0.15, 0.2) is 0 Å². The molecule has 1 aliphatic heterocycles. The van der Waals surface area contributed by atoms with E-state index < -0.39 is 5.60 Å². The lowest BCUT2D eigenvalue weighted by molar-refractivity contribution is 0.0177. The Hall–Kier alpha value is -2.24. The van der Waals surface area contributed by atoms with Gasteiger partial charge in [-0.3, -0.25) is 4.79 Å². The van der Waals surface area contributed by atoms with Gasteiger partial charge < -0.3 is 15.0 Å². The fourth-order valence-corrected chi connectivity index (χ4v) is 3.85. The molecule has 2 amide bonds. The molecule has 3 rings (SSSR count). The summed E-state index contributed by atoms with van der Waals surface area (Å²) < 4.78 is 5.54. The summed E-state index contributed by atoms with van der Waals surface area (Å²) in [7, 11) is 0. The first kappa shape index (κ1) is 22.4. The van der Waals surface area contributed by atoms with E-state index in [9.17, 15) is 9.59 Å². The number of hydrogen-bond donors (Lipinski definition) is 1. The number of amides is 2. The topological polar surface area (TPSA) is 58.6 Å². The van der Waals surface area contributed by atoms with Crippen LogP contribution < -0.4 is 5.32 Å². The van der Waals surface area contributed by atoms with Crippen LogP contribution in [0.3, 0.4) is 0 Å². The molecule has 7 heteroatoms. The molecule has 160 valence electrons. The third-order valence-corrected chi connectivity index (χ3v) is 5.73. The standard InChI is InChI=1S/C23H26Cl2N2O3/c1-23(2,3)30-22(29)27-12-11-20(26-21(28)15-7-5-4-6-8-15)17(14-27)16-9-10-18(24)19(25)13-16/h4-10,13,17,20H,11-12,14H2,1-3H3,(H,26,28)/t17-,20+/m0/s1. The number of hydrogen-bond acceptors (Lipinski definition) is 3. The first-order valence-electron chi connectivity index (χ1n) is 9.93. The Balaban J connectivity index is 1.83. The van der Waals surface area contributed by atoms with Gasteiger partial charge in [0, 0.05) is 30.6 Å². The summed E-state index contributed by atoms with van der Waals surface area (Å²) in [5.74, 6) is -0.287. The van der Waals surface area contributed by atoms with Crippen LogP contribution >= 0.6 is 23.2 Å². The summed E-state index contributed by atoms with van der Waals surface area (Å²) in [4.78, 5) is 27.1. The second kappa shape index (κ2) is 9.27. The Labute approximate surface area is 187 Å². The van der Waals surface area contributed by atoms with Crippen LogP contribution in [0.1, 0.15) is 49.0 Å². The maximum Gasteiger partial charge on any atom is 0.410 e. The van der Waals surface area contributed by atoms with Crippen LogP contribution in [0.5, 0.6) is 0 Å². The molecular formula is C23H26Cl2N2O3. The molecule has 1 N–H and O–H groups in total. The van der Waals surface area contributed by atoms with E-state index in [1.807, 2.05) is 45.0 Å². The molecule has 2 aromatic carbocycles. The minimum Gasteiger partial charge on any atom is -0.444 e. The predicted molar refractivity (Wildman–Crippen MR) is 119 cm³/mol. The van der Waals surface area contributed by atoms with Gasteiger partial charge in [-0.2, -0.15) is 0 Å². The molecule has 1 fully saturated rings. The number of rotatable bonds is 3. The number of ether oxygens (including phenoxy) is 1. The lowest BCUT2D eigenvalue weighted by atomic mass is 9.86. The van der Waals surface area contributed by atoms with Gasteiger partial charge >= 0.3 is 6.09 Å². The van der Waals surface area contributed by atoms with E-state index in [0.717, 1.165) is 5.56 Å². The lowest BCUT2D eigenvalue weighted by Crippen LogP contribution is -2.52. The van der Waals surface area contributed by atoms with Crippen LogP contribution in [0.25, 0.3) is 0 Å². The van der Waals surface area contributed by atoms with E-state index in [4.69, 9.17) is 27.9 Å². The molecule has 1 saturated heterocycles. The van der Waals surface area contributed by atoms with Gasteiger partial charge in [0.1, 0.15) is 5.60 Å². The van der Waals surface area contributed by atoms with Gasteiger partial charge in [0.25, 0.3) is 5.91 Å². The van der Waals surface area contributed by atoms with Gasteiger partial charge in [-0.25, -0.2) is 4.79 Å². The Bertz CT molecular complexity index is 912. The summed E-state index contributed by atoms with van der Waals surface area (Å²) in [5, 5.41) is 4.04. The van der Waals surface area contributed by atoms with Crippen molar-refractivity contribution in [2.24, 2.45) is 0 Å². The normalized spacial score (nSPS) is 19.3. The fourth-order valence-electron chi connectivity index (χ4n) is 3.54. The van der Waals surface area contributed by atoms with Crippen molar-refractivity contribution in [3.05, 3.63) is 69.7 Å². The van der Waals surface area contributed by atoms with Crippen LogP contribution in [0.15, 0.2) is 48.5 Å². The molecule has 0 bridgehead atoms. The number of halogens is 2. The molecule has 30 heavy (non-hydrogen) atoms. The van der Waals surface area contributed by atoms with Crippen molar-refractivity contribution < 1.29 is 14.3 Å². The average molecular weight is 449 g/mol. The highest BCUT2D eigenvalue weighted by Crippen LogP contribution is 2.32. The maximum absolute atomic E-state index is 12.8. The summed E-state index contributed by atoms with van der Waals surface area (Å²) in [6.07, 6.45) is 0.239. The van der Waals surface area contributed by atoms with Gasteiger partial charge in [-0.1, -0.05) is 47.5 Å². The van der Waals surface area contributed by atoms with Crippen molar-refractivity contribution in [1.82, 2.24) is 10.2 Å². The van der Waals surface area contributed by atoms with E-state index in [1.54, 1.807) is 29.2 Å². The van der Waals surface area contributed by atoms with Crippen LogP contribution in [0.2, 0.25) is 10.0 Å². The molecule has 0 radical (unpaired) electrons. The van der Waals surface area contributed by atoms with Crippen LogP contribution in [0, 0.1) is 0 Å². The number of piperidine rings is 1. The zero-order chi connectivity index (χ0) is 21.9. The first-order valence-corrected chi connectivity index (χ1v) is 10.7. The summed E-state index contributed by atoms with van der Waals surface area (Å²) >= 11 is 12.3. The second-order valence-electron chi connectivity index (χ2n) is 8.44. The quantitative estimate of drug-likeness (QED) is 0.672. The third-order valence-electron chi connectivity index (χ3n) is 4.99. The van der Waals surface area contributed by atoms with Crippen molar-refractivity contribution in [3.63, 3.8) is 0 Å². The van der Waals surface area contributed by atoms with Crippen LogP contribution in [-0.2, 0) is 4.74 Å². The molecule has 2 atom stereocenters. The van der Waals surface area contributed by atoms with Gasteiger partial charge in [-0.15, -0.1) is 0 Å². The van der Waals surface area contributed by atoms with E-state index in [1.165, 1.54) is 0 Å². The molecule has 2 aromatic rings. The Morgan fingerprint density at radius 3 is 2.40 bits per heavy atom. The van der Waals surface area contributed by atoms with Gasteiger partial charge in [0.05, 0.1) is 10.0 Å². The van der Waals surface area contributed by atoms with Crippen molar-refractivity contribution >= 4 is 35.2 Å². The number of carbonyl (C=O) groups is 2. The Kier molecular flexibility index (Phi) is 6.94. The predicted octanol–water partition coefficient (Wildman–Crippen LogP) is 5.52. The number of nitrogens with zero attached hydrogens (tertiary/aromatic N) is 1. The minimum atomic E-state index is -0.575. The highest BCUT2D eigenvalue weighted by molar-refractivity contribution is 6.42. The molecule has 0 spiro atoms. The van der Waals surface area contributed by atoms with E-state index in [-0.39, 0.29) is 24.0 Å². The van der Waals surface area contributed by atoms with Crippen molar-refractivity contribution in [2.75, 3.05) is 13.1 Å². The second-order valence-corrected chi connectivity index (χ2v) is 9.26. The molecule has 1 heterocycles. The Morgan fingerprint density at radius 2 is 1.77 bits per heavy atom. The zero-order valence-electron chi connectivity index (χ0n) is 17.3. The number of carbonyl (C=O) groups excluding carboxylic acids is 2. The lowest BCUT2D eigenvalue weighted by Gasteiger charge is -2.39. The van der Waals surface area contributed by atoms with E-state index in [2.05, 4.69) is 5.32 Å². The van der Waals surface area contributed by atoms with Crippen LogP contribution in [0.4, 0.5) is 4.79 Å². The number of benzene rings is 2. The zero-order valence-corrected chi connectivity index (χ0v) is 18.8. The summed E-state index contributed by atoms with van der Waals surface area (Å²) in [5.41, 5.74) is 0.935. The molecule has 5 nitrogen and oxygen atoms in total. The molecule has 0 aromatic heterocycles. The SMILES string of the molecule is CC(C)(C)OC(=O)N1CC[C@@H](NC(=O)c2ccccc2)[C@H](c2ccc(Cl)c(Cl)c2)C1.